The van der Waals surface area contributed by atoms with Gasteiger partial charge in [-0.15, -0.1) is 24.8 Å². The summed E-state index contributed by atoms with van der Waals surface area (Å²) < 4.78 is 0. The Morgan fingerprint density at radius 3 is 2.15 bits per heavy atom. The highest BCUT2D eigenvalue weighted by molar-refractivity contribution is 5.87. The van der Waals surface area contributed by atoms with Gasteiger partial charge in [-0.3, -0.25) is 14.5 Å². The van der Waals surface area contributed by atoms with E-state index in [4.69, 9.17) is 5.73 Å². The Bertz CT molecular complexity index is 585. The quantitative estimate of drug-likeness (QED) is 0.761. The molecule has 0 unspecified atom stereocenters. The van der Waals surface area contributed by atoms with Gasteiger partial charge in [-0.25, -0.2) is 0 Å². The summed E-state index contributed by atoms with van der Waals surface area (Å²) in [6.45, 7) is 9.70. The van der Waals surface area contributed by atoms with Crippen LogP contribution in [0, 0.1) is 5.41 Å². The molecule has 1 aliphatic rings. The van der Waals surface area contributed by atoms with Crippen LogP contribution in [0.3, 0.4) is 0 Å². The number of hydrogen-bond acceptors (Lipinski definition) is 4. The maximum atomic E-state index is 12.3. The average Bonchev–Trinajstić information content (AvgIpc) is 2.59. The molecule has 0 radical (unpaired) electrons. The van der Waals surface area contributed by atoms with Crippen LogP contribution in [0.4, 0.5) is 0 Å². The van der Waals surface area contributed by atoms with Gasteiger partial charge in [0.05, 0.1) is 12.6 Å². The summed E-state index contributed by atoms with van der Waals surface area (Å²) in [4.78, 5) is 28.5. The van der Waals surface area contributed by atoms with Crippen molar-refractivity contribution in [3.8, 4) is 0 Å². The van der Waals surface area contributed by atoms with Crippen LogP contribution in [0.15, 0.2) is 30.3 Å². The number of benzene rings is 1. The molecule has 6 nitrogen and oxygen atoms in total. The fourth-order valence-electron chi connectivity index (χ4n) is 2.77. The molecule has 0 aliphatic carbocycles. The lowest BCUT2D eigenvalue weighted by Gasteiger charge is -2.35. The van der Waals surface area contributed by atoms with Crippen LogP contribution in [0.2, 0.25) is 0 Å². The molecular weight excluding hydrogens is 387 g/mol. The van der Waals surface area contributed by atoms with E-state index in [9.17, 15) is 9.59 Å². The first-order valence-corrected chi connectivity index (χ1v) is 8.85. The van der Waals surface area contributed by atoms with Crippen molar-refractivity contribution >= 4 is 36.6 Å². The zero-order valence-electron chi connectivity index (χ0n) is 16.3. The van der Waals surface area contributed by atoms with E-state index >= 15 is 0 Å². The standard InChI is InChI=1S/C19H30N4O2.2ClH/c1-19(2,3)17(20)18(25)21-13-16(24)23-11-9-22(10-12-23)14-15-7-5-4-6-8-15;;/h4-8,17H,9-14,20H2,1-3H3,(H,21,25);2*1H/t17-;;/m1../s1. The second-order valence-corrected chi connectivity index (χ2v) is 7.70. The number of carbonyl (C=O) groups excluding carboxylic acids is 2. The maximum absolute atomic E-state index is 12.3. The normalized spacial score (nSPS) is 15.9. The summed E-state index contributed by atoms with van der Waals surface area (Å²) >= 11 is 0. The van der Waals surface area contributed by atoms with Crippen LogP contribution < -0.4 is 11.1 Å². The molecule has 0 saturated carbocycles. The SMILES string of the molecule is CC(C)(C)[C@H](N)C(=O)NCC(=O)N1CCN(Cc2ccccc2)CC1.Cl.Cl. The highest BCUT2D eigenvalue weighted by Crippen LogP contribution is 2.17. The van der Waals surface area contributed by atoms with Crippen molar-refractivity contribution in [2.45, 2.75) is 33.4 Å². The summed E-state index contributed by atoms with van der Waals surface area (Å²) in [5, 5.41) is 2.67. The van der Waals surface area contributed by atoms with Crippen LogP contribution >= 0.6 is 24.8 Å². The molecule has 1 aliphatic heterocycles. The minimum absolute atomic E-state index is 0. The van der Waals surface area contributed by atoms with Crippen molar-refractivity contribution in [2.24, 2.45) is 11.1 Å². The lowest BCUT2D eigenvalue weighted by atomic mass is 9.87. The van der Waals surface area contributed by atoms with Crippen molar-refractivity contribution in [1.82, 2.24) is 15.1 Å². The number of hydrogen-bond donors (Lipinski definition) is 2. The number of amides is 2. The molecule has 1 atom stereocenters. The van der Waals surface area contributed by atoms with Crippen LogP contribution in [-0.2, 0) is 16.1 Å². The average molecular weight is 419 g/mol. The first-order chi connectivity index (χ1) is 11.8. The topological polar surface area (TPSA) is 78.7 Å². The van der Waals surface area contributed by atoms with Gasteiger partial charge in [0, 0.05) is 32.7 Å². The molecular formula is C19H32Cl2N4O2. The Morgan fingerprint density at radius 2 is 1.63 bits per heavy atom. The molecule has 3 N–H and O–H groups in total. The molecule has 0 aromatic heterocycles. The first kappa shape index (κ1) is 25.7. The smallest absolute Gasteiger partial charge is 0.242 e. The predicted octanol–water partition coefficient (Wildman–Crippen LogP) is 1.66. The van der Waals surface area contributed by atoms with E-state index in [2.05, 4.69) is 22.3 Å². The lowest BCUT2D eigenvalue weighted by Crippen LogP contribution is -2.53. The largest absolute Gasteiger partial charge is 0.346 e. The highest BCUT2D eigenvalue weighted by Gasteiger charge is 2.28. The molecule has 1 aromatic rings. The molecule has 8 heteroatoms. The fraction of sp³-hybridized carbons (Fsp3) is 0.579. The van der Waals surface area contributed by atoms with Gasteiger partial charge in [0.2, 0.25) is 11.8 Å². The number of nitrogens with two attached hydrogens (primary N) is 1. The Labute approximate surface area is 174 Å². The molecule has 0 spiro atoms. The third-order valence-electron chi connectivity index (χ3n) is 4.60. The summed E-state index contributed by atoms with van der Waals surface area (Å²) in [6.07, 6.45) is 0. The number of halogens is 2. The minimum atomic E-state index is -0.622. The van der Waals surface area contributed by atoms with E-state index in [1.54, 1.807) is 0 Å². The van der Waals surface area contributed by atoms with E-state index in [0.717, 1.165) is 19.6 Å². The monoisotopic (exact) mass is 418 g/mol. The molecule has 154 valence electrons. The third-order valence-corrected chi connectivity index (χ3v) is 4.60. The zero-order valence-corrected chi connectivity index (χ0v) is 17.9. The number of nitrogens with one attached hydrogen (secondary N) is 1. The Hall–Kier alpha value is -1.34. The molecule has 2 amide bonds. The van der Waals surface area contributed by atoms with Crippen LogP contribution in [-0.4, -0.2) is 60.4 Å². The minimum Gasteiger partial charge on any atom is -0.346 e. The van der Waals surface area contributed by atoms with Gasteiger partial charge in [0.25, 0.3) is 0 Å². The summed E-state index contributed by atoms with van der Waals surface area (Å²) in [7, 11) is 0. The molecule has 1 aromatic carbocycles. The van der Waals surface area contributed by atoms with E-state index in [0.29, 0.717) is 13.1 Å². The number of rotatable bonds is 5. The zero-order chi connectivity index (χ0) is 18.4. The van der Waals surface area contributed by atoms with Crippen molar-refractivity contribution in [1.29, 1.82) is 0 Å². The molecule has 0 bridgehead atoms. The van der Waals surface area contributed by atoms with Gasteiger partial charge in [-0.05, 0) is 11.0 Å². The van der Waals surface area contributed by atoms with Gasteiger partial charge in [0.1, 0.15) is 0 Å². The predicted molar refractivity (Wildman–Crippen MR) is 113 cm³/mol. The summed E-state index contributed by atoms with van der Waals surface area (Å²) in [5.41, 5.74) is 6.87. The maximum Gasteiger partial charge on any atom is 0.242 e. The first-order valence-electron chi connectivity index (χ1n) is 8.85. The molecule has 1 fully saturated rings. The van der Waals surface area contributed by atoms with Crippen LogP contribution in [0.1, 0.15) is 26.3 Å². The Balaban J connectivity index is 0.00000338. The van der Waals surface area contributed by atoms with E-state index in [-0.39, 0.29) is 48.6 Å². The van der Waals surface area contributed by atoms with Gasteiger partial charge >= 0.3 is 0 Å². The lowest BCUT2D eigenvalue weighted by molar-refractivity contribution is -0.135. The third kappa shape index (κ3) is 8.05. The van der Waals surface area contributed by atoms with Crippen molar-refractivity contribution in [2.75, 3.05) is 32.7 Å². The van der Waals surface area contributed by atoms with Crippen LogP contribution in [0.5, 0.6) is 0 Å². The number of carbonyl (C=O) groups is 2. The summed E-state index contributed by atoms with van der Waals surface area (Å²) in [6, 6.07) is 9.71. The number of piperazine rings is 1. The van der Waals surface area contributed by atoms with Crippen LogP contribution in [0.25, 0.3) is 0 Å². The Kier molecular flexibility index (Phi) is 10.9. The van der Waals surface area contributed by atoms with Gasteiger partial charge in [-0.2, -0.15) is 0 Å². The molecule has 2 rings (SSSR count). The fourth-order valence-corrected chi connectivity index (χ4v) is 2.77. The molecule has 1 saturated heterocycles. The second-order valence-electron chi connectivity index (χ2n) is 7.70. The number of nitrogens with zero attached hydrogens (tertiary/aromatic N) is 2. The summed E-state index contributed by atoms with van der Waals surface area (Å²) in [5.74, 6) is -0.322. The Morgan fingerprint density at radius 1 is 1.07 bits per heavy atom. The van der Waals surface area contributed by atoms with Gasteiger partial charge in [0.15, 0.2) is 0 Å². The van der Waals surface area contributed by atoms with Crippen molar-refractivity contribution in [3.05, 3.63) is 35.9 Å². The second kappa shape index (κ2) is 11.5. The molecule has 27 heavy (non-hydrogen) atoms. The van der Waals surface area contributed by atoms with Crippen molar-refractivity contribution < 1.29 is 9.59 Å². The van der Waals surface area contributed by atoms with E-state index in [1.807, 2.05) is 43.9 Å². The van der Waals surface area contributed by atoms with E-state index in [1.165, 1.54) is 5.56 Å². The molecule has 1 heterocycles. The van der Waals surface area contributed by atoms with Gasteiger partial charge < -0.3 is 16.0 Å². The van der Waals surface area contributed by atoms with Crippen molar-refractivity contribution in [3.63, 3.8) is 0 Å². The van der Waals surface area contributed by atoms with Gasteiger partial charge in [-0.1, -0.05) is 51.1 Å². The highest BCUT2D eigenvalue weighted by atomic mass is 35.5. The van der Waals surface area contributed by atoms with E-state index < -0.39 is 6.04 Å².